The maximum absolute atomic E-state index is 8.26. The molecule has 0 radical (unpaired) electrons. The topological polar surface area (TPSA) is 20.2 Å². The molecule has 0 rings (SSSR count). The van der Waals surface area contributed by atoms with Crippen molar-refractivity contribution < 1.29 is 5.11 Å². The predicted molar refractivity (Wildman–Crippen MR) is 31.7 cm³/mol. The molecule has 0 aromatic carbocycles. The molecule has 1 N–H and O–H groups in total. The number of aliphatic hydroxyl groups is 1. The van der Waals surface area contributed by atoms with E-state index in [9.17, 15) is 0 Å². The molecule has 0 fully saturated rings. The Labute approximate surface area is 48.6 Å². The van der Waals surface area contributed by atoms with Gasteiger partial charge >= 0.3 is 0 Å². The molecule has 42 valence electrons. The second-order valence-corrected chi connectivity index (χ2v) is 2.14. The predicted octanol–water partition coefficient (Wildman–Crippen LogP) is 2.08. The van der Waals surface area contributed by atoms with Crippen LogP contribution in [0.15, 0.2) is 11.8 Å². The molecule has 0 aliphatic carbocycles. The Kier molecular flexibility index (Phi) is 2.84. The zero-order chi connectivity index (χ0) is 5.86. The lowest BCUT2D eigenvalue weighted by molar-refractivity contribution is 0.465. The first-order valence-electron chi connectivity index (χ1n) is 2.13. The minimum atomic E-state index is -0.0509. The number of hydrogen-bond donors (Lipinski definition) is 1. The Morgan fingerprint density at radius 2 is 2.29 bits per heavy atom. The first-order chi connectivity index (χ1) is 3.18. The molecule has 0 heterocycles. The summed E-state index contributed by atoms with van der Waals surface area (Å²) in [6, 6.07) is 0. The molecule has 0 bridgehead atoms. The molecular formula is C5H9ClO. The van der Waals surface area contributed by atoms with E-state index in [1.807, 2.05) is 6.92 Å². The zero-order valence-corrected chi connectivity index (χ0v) is 5.24. The molecule has 1 unspecified atom stereocenters. The third kappa shape index (κ3) is 2.52. The van der Waals surface area contributed by atoms with Crippen molar-refractivity contribution in [1.29, 1.82) is 0 Å². The van der Waals surface area contributed by atoms with E-state index in [1.54, 1.807) is 6.92 Å². The van der Waals surface area contributed by atoms with Gasteiger partial charge in [-0.25, -0.2) is 0 Å². The fourth-order valence-corrected chi connectivity index (χ4v) is 0.159. The van der Waals surface area contributed by atoms with Gasteiger partial charge in [0, 0.05) is 0 Å². The van der Waals surface area contributed by atoms with Gasteiger partial charge in [0.05, 0.1) is 11.6 Å². The summed E-state index contributed by atoms with van der Waals surface area (Å²) in [5.41, 5.74) is 0.793. The van der Waals surface area contributed by atoms with Crippen molar-refractivity contribution in [3.63, 3.8) is 0 Å². The highest BCUT2D eigenvalue weighted by Crippen LogP contribution is 2.05. The second kappa shape index (κ2) is 2.92. The van der Waals surface area contributed by atoms with Crippen molar-refractivity contribution in [2.75, 3.05) is 0 Å². The van der Waals surface area contributed by atoms with E-state index >= 15 is 0 Å². The van der Waals surface area contributed by atoms with Crippen LogP contribution in [0.4, 0.5) is 0 Å². The quantitative estimate of drug-likeness (QED) is 0.415. The van der Waals surface area contributed by atoms with Gasteiger partial charge in [-0.2, -0.15) is 0 Å². The second-order valence-electron chi connectivity index (χ2n) is 1.49. The summed E-state index contributed by atoms with van der Waals surface area (Å²) in [4.78, 5) is 0. The van der Waals surface area contributed by atoms with Gasteiger partial charge in [-0.05, 0) is 19.4 Å². The Balaban J connectivity index is 3.56. The van der Waals surface area contributed by atoms with Gasteiger partial charge in [0.2, 0.25) is 0 Å². The van der Waals surface area contributed by atoms with Crippen LogP contribution in [0.25, 0.3) is 0 Å². The minimum Gasteiger partial charge on any atom is -0.516 e. The van der Waals surface area contributed by atoms with Crippen molar-refractivity contribution in [3.05, 3.63) is 11.8 Å². The molecule has 7 heavy (non-hydrogen) atoms. The number of halogens is 1. The number of rotatable bonds is 1. The van der Waals surface area contributed by atoms with Crippen LogP contribution in [0.3, 0.4) is 0 Å². The standard InChI is InChI=1S/C5H9ClO/c1-4(3-7)5(2)6/h3,5,7H,1-2H3/b4-3+. The highest BCUT2D eigenvalue weighted by molar-refractivity contribution is 6.22. The van der Waals surface area contributed by atoms with E-state index in [2.05, 4.69) is 0 Å². The molecule has 0 saturated carbocycles. The van der Waals surface area contributed by atoms with Gasteiger partial charge in [0.15, 0.2) is 0 Å². The molecule has 0 spiro atoms. The highest BCUT2D eigenvalue weighted by Gasteiger charge is 1.94. The van der Waals surface area contributed by atoms with Crippen LogP contribution >= 0.6 is 11.6 Å². The van der Waals surface area contributed by atoms with E-state index < -0.39 is 0 Å². The average molecular weight is 121 g/mol. The van der Waals surface area contributed by atoms with Gasteiger partial charge in [-0.1, -0.05) is 0 Å². The molecule has 0 aromatic rings. The highest BCUT2D eigenvalue weighted by atomic mass is 35.5. The summed E-state index contributed by atoms with van der Waals surface area (Å²) in [7, 11) is 0. The summed E-state index contributed by atoms with van der Waals surface area (Å²) >= 11 is 5.50. The fourth-order valence-electron chi connectivity index (χ4n) is 0.103. The zero-order valence-electron chi connectivity index (χ0n) is 4.48. The number of allylic oxidation sites excluding steroid dienone is 1. The van der Waals surface area contributed by atoms with Crippen LogP contribution in [-0.2, 0) is 0 Å². The Morgan fingerprint density at radius 3 is 2.29 bits per heavy atom. The van der Waals surface area contributed by atoms with E-state index in [0.717, 1.165) is 11.8 Å². The summed E-state index contributed by atoms with van der Waals surface area (Å²) in [6.45, 7) is 3.58. The summed E-state index contributed by atoms with van der Waals surface area (Å²) in [6.07, 6.45) is 1.03. The molecule has 1 nitrogen and oxygen atoms in total. The number of aliphatic hydroxyl groups excluding tert-OH is 1. The fraction of sp³-hybridized carbons (Fsp3) is 0.600. The lowest BCUT2D eigenvalue weighted by atomic mass is 10.3. The molecule has 0 aliphatic rings. The van der Waals surface area contributed by atoms with Crippen LogP contribution < -0.4 is 0 Å². The third-order valence-electron chi connectivity index (χ3n) is 0.831. The van der Waals surface area contributed by atoms with Gasteiger partial charge in [0.1, 0.15) is 0 Å². The third-order valence-corrected chi connectivity index (χ3v) is 1.18. The number of alkyl halides is 1. The lowest BCUT2D eigenvalue weighted by Gasteiger charge is -1.96. The van der Waals surface area contributed by atoms with Crippen LogP contribution in [0.5, 0.6) is 0 Å². The molecule has 0 amide bonds. The lowest BCUT2D eigenvalue weighted by Crippen LogP contribution is -1.90. The Hall–Kier alpha value is -0.170. The van der Waals surface area contributed by atoms with E-state index in [4.69, 9.17) is 16.7 Å². The van der Waals surface area contributed by atoms with Crippen molar-refractivity contribution in [3.8, 4) is 0 Å². The summed E-state index contributed by atoms with van der Waals surface area (Å²) < 4.78 is 0. The van der Waals surface area contributed by atoms with Crippen LogP contribution in [-0.4, -0.2) is 10.5 Å². The molecule has 0 aromatic heterocycles. The van der Waals surface area contributed by atoms with Crippen LogP contribution in [0.2, 0.25) is 0 Å². The van der Waals surface area contributed by atoms with Crippen LogP contribution in [0, 0.1) is 0 Å². The summed E-state index contributed by atoms with van der Waals surface area (Å²) in [5.74, 6) is 0. The van der Waals surface area contributed by atoms with E-state index in [1.165, 1.54) is 0 Å². The molecular weight excluding hydrogens is 112 g/mol. The Bertz CT molecular complexity index is 76.1. The van der Waals surface area contributed by atoms with Crippen molar-refractivity contribution in [2.45, 2.75) is 19.2 Å². The SMILES string of the molecule is C/C(=C\O)C(C)Cl. The van der Waals surface area contributed by atoms with E-state index in [0.29, 0.717) is 0 Å². The minimum absolute atomic E-state index is 0.0509. The first-order valence-corrected chi connectivity index (χ1v) is 2.57. The van der Waals surface area contributed by atoms with Crippen LogP contribution in [0.1, 0.15) is 13.8 Å². The van der Waals surface area contributed by atoms with E-state index in [-0.39, 0.29) is 5.38 Å². The first kappa shape index (κ1) is 6.83. The van der Waals surface area contributed by atoms with Gasteiger partial charge in [-0.3, -0.25) is 0 Å². The van der Waals surface area contributed by atoms with Gasteiger partial charge < -0.3 is 5.11 Å². The van der Waals surface area contributed by atoms with Crippen molar-refractivity contribution >= 4 is 11.6 Å². The van der Waals surface area contributed by atoms with Crippen molar-refractivity contribution in [1.82, 2.24) is 0 Å². The molecule has 0 saturated heterocycles. The largest absolute Gasteiger partial charge is 0.516 e. The molecule has 0 aliphatic heterocycles. The van der Waals surface area contributed by atoms with Gasteiger partial charge in [-0.15, -0.1) is 11.6 Å². The maximum Gasteiger partial charge on any atom is 0.0795 e. The van der Waals surface area contributed by atoms with Gasteiger partial charge in [0.25, 0.3) is 0 Å². The maximum atomic E-state index is 8.26. The normalized spacial score (nSPS) is 16.7. The smallest absolute Gasteiger partial charge is 0.0795 e. The van der Waals surface area contributed by atoms with Crippen molar-refractivity contribution in [2.24, 2.45) is 0 Å². The number of hydrogen-bond acceptors (Lipinski definition) is 1. The molecule has 1 atom stereocenters. The summed E-state index contributed by atoms with van der Waals surface area (Å²) in [5, 5.41) is 8.21. The monoisotopic (exact) mass is 120 g/mol. The average Bonchev–Trinajstić information content (AvgIpc) is 1.65. The molecule has 2 heteroatoms. The Morgan fingerprint density at radius 1 is 1.86 bits per heavy atom.